The average Bonchev–Trinajstić information content (AvgIpc) is 3.07. The van der Waals surface area contributed by atoms with Crippen LogP contribution in [0.25, 0.3) is 0 Å². The molecule has 3 N–H and O–H groups in total. The third-order valence-corrected chi connectivity index (χ3v) is 3.75. The normalized spacial score (nSPS) is 18.3. The van der Waals surface area contributed by atoms with E-state index in [1.54, 1.807) is 0 Å². The lowest BCUT2D eigenvalue weighted by molar-refractivity contribution is -0.124. The zero-order valence-electron chi connectivity index (χ0n) is 12.1. The molecule has 1 amide bonds. The van der Waals surface area contributed by atoms with Crippen molar-refractivity contribution >= 4 is 5.91 Å². The predicted octanol–water partition coefficient (Wildman–Crippen LogP) is 1.00. The highest BCUT2D eigenvalue weighted by Crippen LogP contribution is 2.23. The molecule has 1 aliphatic carbocycles. The Morgan fingerprint density at radius 3 is 2.68 bits per heavy atom. The fourth-order valence-corrected chi connectivity index (χ4v) is 2.28. The van der Waals surface area contributed by atoms with Crippen molar-refractivity contribution in [1.82, 2.24) is 15.1 Å². The summed E-state index contributed by atoms with van der Waals surface area (Å²) in [5.74, 6) is -0.310. The number of amides is 1. The molecule has 0 bridgehead atoms. The minimum atomic E-state index is -0.720. The molecule has 1 aromatic heterocycles. The van der Waals surface area contributed by atoms with Gasteiger partial charge in [0.15, 0.2) is 0 Å². The molecule has 1 fully saturated rings. The number of rotatable bonds is 7. The smallest absolute Gasteiger partial charge is 0.239 e. The number of carbonyl (C=O) groups is 1. The van der Waals surface area contributed by atoms with Crippen LogP contribution in [-0.4, -0.2) is 27.3 Å². The summed E-state index contributed by atoms with van der Waals surface area (Å²) in [6.45, 7) is 6.56. The van der Waals surface area contributed by atoms with Crippen molar-refractivity contribution < 1.29 is 4.79 Å². The van der Waals surface area contributed by atoms with Gasteiger partial charge in [0.2, 0.25) is 5.91 Å². The minimum Gasteiger partial charge on any atom is -0.368 e. The molecule has 5 nitrogen and oxygen atoms in total. The molecule has 1 aromatic rings. The Labute approximate surface area is 114 Å². The van der Waals surface area contributed by atoms with E-state index >= 15 is 0 Å². The van der Waals surface area contributed by atoms with Gasteiger partial charge in [0, 0.05) is 11.7 Å². The highest BCUT2D eigenvalue weighted by molar-refractivity contribution is 5.84. The Kier molecular flexibility index (Phi) is 3.94. The highest BCUT2D eigenvalue weighted by atomic mass is 16.1. The summed E-state index contributed by atoms with van der Waals surface area (Å²) in [5.41, 5.74) is 7.08. The first kappa shape index (κ1) is 14.1. The van der Waals surface area contributed by atoms with Gasteiger partial charge in [-0.15, -0.1) is 0 Å². The minimum absolute atomic E-state index is 0.310. The number of nitrogens with two attached hydrogens (primary N) is 1. The van der Waals surface area contributed by atoms with Gasteiger partial charge in [0.05, 0.1) is 12.2 Å². The van der Waals surface area contributed by atoms with Crippen molar-refractivity contribution in [3.8, 4) is 0 Å². The third kappa shape index (κ3) is 3.15. The molecule has 0 radical (unpaired) electrons. The molecule has 1 saturated carbocycles. The van der Waals surface area contributed by atoms with E-state index in [9.17, 15) is 4.79 Å². The number of aryl methyl sites for hydroxylation is 2. The van der Waals surface area contributed by atoms with E-state index in [2.05, 4.69) is 30.3 Å². The topological polar surface area (TPSA) is 72.9 Å². The first-order valence-electron chi connectivity index (χ1n) is 7.11. The third-order valence-electron chi connectivity index (χ3n) is 3.75. The van der Waals surface area contributed by atoms with Gasteiger partial charge in [-0.1, -0.05) is 13.8 Å². The van der Waals surface area contributed by atoms with Gasteiger partial charge < -0.3 is 5.73 Å². The number of hydrogen-bond donors (Lipinski definition) is 2. The monoisotopic (exact) mass is 264 g/mol. The maximum Gasteiger partial charge on any atom is 0.239 e. The molecule has 1 aliphatic rings. The summed E-state index contributed by atoms with van der Waals surface area (Å²) in [6.07, 6.45) is 4.07. The van der Waals surface area contributed by atoms with Crippen LogP contribution in [0, 0.1) is 0 Å². The maximum atomic E-state index is 11.8. The standard InChI is InChI=1S/C14H24N4O/c1-4-10-8-12(5-2)18(17-10)9-14(3,13(15)19)16-11-6-7-11/h8,11,16H,4-7,9H2,1-3H3,(H2,15,19). The van der Waals surface area contributed by atoms with E-state index < -0.39 is 5.54 Å². The molecule has 2 rings (SSSR count). The van der Waals surface area contributed by atoms with E-state index in [1.165, 1.54) is 0 Å². The first-order valence-corrected chi connectivity index (χ1v) is 7.11. The molecule has 0 spiro atoms. The molecule has 0 aromatic carbocycles. The Hall–Kier alpha value is -1.36. The van der Waals surface area contributed by atoms with Crippen molar-refractivity contribution in [2.24, 2.45) is 5.73 Å². The second kappa shape index (κ2) is 5.33. The summed E-state index contributed by atoms with van der Waals surface area (Å²) < 4.78 is 1.93. The number of nitrogens with zero attached hydrogens (tertiary/aromatic N) is 2. The van der Waals surface area contributed by atoms with Gasteiger partial charge in [0.25, 0.3) is 0 Å². The van der Waals surface area contributed by atoms with Crippen LogP contribution in [0.4, 0.5) is 0 Å². The van der Waals surface area contributed by atoms with Crippen LogP contribution in [0.5, 0.6) is 0 Å². The Morgan fingerprint density at radius 1 is 1.53 bits per heavy atom. The summed E-state index contributed by atoms with van der Waals surface area (Å²) >= 11 is 0. The second-order valence-electron chi connectivity index (χ2n) is 5.61. The van der Waals surface area contributed by atoms with Crippen molar-refractivity contribution in [2.45, 2.75) is 64.6 Å². The molecule has 0 aliphatic heterocycles. The molecule has 1 heterocycles. The second-order valence-corrected chi connectivity index (χ2v) is 5.61. The summed E-state index contributed by atoms with van der Waals surface area (Å²) in [5, 5.41) is 7.92. The van der Waals surface area contributed by atoms with Crippen LogP contribution in [-0.2, 0) is 24.2 Å². The number of hydrogen-bond acceptors (Lipinski definition) is 3. The number of primary amides is 1. The fraction of sp³-hybridized carbons (Fsp3) is 0.714. The van der Waals surface area contributed by atoms with Crippen LogP contribution in [0.15, 0.2) is 6.07 Å². The molecule has 0 saturated heterocycles. The predicted molar refractivity (Wildman–Crippen MR) is 74.7 cm³/mol. The maximum absolute atomic E-state index is 11.8. The molecule has 5 heteroatoms. The Balaban J connectivity index is 2.20. The zero-order valence-corrected chi connectivity index (χ0v) is 12.1. The number of aromatic nitrogens is 2. The van der Waals surface area contributed by atoms with E-state index in [0.717, 1.165) is 37.1 Å². The van der Waals surface area contributed by atoms with Gasteiger partial charge in [0.1, 0.15) is 5.54 Å². The van der Waals surface area contributed by atoms with Crippen LogP contribution in [0.3, 0.4) is 0 Å². The fourth-order valence-electron chi connectivity index (χ4n) is 2.28. The van der Waals surface area contributed by atoms with E-state index in [1.807, 2.05) is 11.6 Å². The first-order chi connectivity index (χ1) is 8.98. The number of nitrogens with one attached hydrogen (secondary N) is 1. The van der Waals surface area contributed by atoms with Crippen LogP contribution >= 0.6 is 0 Å². The SMILES string of the molecule is CCc1cc(CC)n(CC(C)(NC2CC2)C(N)=O)n1. The van der Waals surface area contributed by atoms with Crippen molar-refractivity contribution in [3.63, 3.8) is 0 Å². The van der Waals surface area contributed by atoms with Crippen molar-refractivity contribution in [1.29, 1.82) is 0 Å². The van der Waals surface area contributed by atoms with Crippen molar-refractivity contribution in [2.75, 3.05) is 0 Å². The summed E-state index contributed by atoms with van der Waals surface area (Å²) in [7, 11) is 0. The molecular formula is C14H24N4O. The quantitative estimate of drug-likeness (QED) is 0.772. The van der Waals surface area contributed by atoms with Gasteiger partial charge in [-0.05, 0) is 38.7 Å². The van der Waals surface area contributed by atoms with Crippen LogP contribution < -0.4 is 11.1 Å². The van der Waals surface area contributed by atoms with Gasteiger partial charge in [-0.25, -0.2) is 0 Å². The zero-order chi connectivity index (χ0) is 14.0. The lowest BCUT2D eigenvalue weighted by Gasteiger charge is -2.28. The molecule has 106 valence electrons. The Morgan fingerprint density at radius 2 is 2.21 bits per heavy atom. The van der Waals surface area contributed by atoms with Crippen LogP contribution in [0.1, 0.15) is 45.0 Å². The molecule has 1 atom stereocenters. The average molecular weight is 264 g/mol. The molecular weight excluding hydrogens is 240 g/mol. The lowest BCUT2D eigenvalue weighted by Crippen LogP contribution is -2.56. The largest absolute Gasteiger partial charge is 0.368 e. The molecule has 19 heavy (non-hydrogen) atoms. The Bertz CT molecular complexity index is 464. The van der Waals surface area contributed by atoms with Crippen molar-refractivity contribution in [3.05, 3.63) is 17.5 Å². The number of carbonyl (C=O) groups excluding carboxylic acids is 1. The lowest BCUT2D eigenvalue weighted by atomic mass is 10.0. The summed E-state index contributed by atoms with van der Waals surface area (Å²) in [6, 6.07) is 2.54. The van der Waals surface area contributed by atoms with Gasteiger partial charge in [-0.2, -0.15) is 5.10 Å². The van der Waals surface area contributed by atoms with Gasteiger partial charge in [-0.3, -0.25) is 14.8 Å². The van der Waals surface area contributed by atoms with E-state index in [4.69, 9.17) is 5.73 Å². The van der Waals surface area contributed by atoms with E-state index in [-0.39, 0.29) is 5.91 Å². The molecule has 1 unspecified atom stereocenters. The van der Waals surface area contributed by atoms with E-state index in [0.29, 0.717) is 12.6 Å². The van der Waals surface area contributed by atoms with Crippen LogP contribution in [0.2, 0.25) is 0 Å². The highest BCUT2D eigenvalue weighted by Gasteiger charge is 2.38. The van der Waals surface area contributed by atoms with Gasteiger partial charge >= 0.3 is 0 Å². The summed E-state index contributed by atoms with van der Waals surface area (Å²) in [4.78, 5) is 11.8.